The predicted octanol–water partition coefficient (Wildman–Crippen LogP) is 4.14. The molecule has 1 heterocycles. The maximum absolute atomic E-state index is 6.23. The quantitative estimate of drug-likeness (QED) is 0.901. The fourth-order valence-electron chi connectivity index (χ4n) is 2.24. The summed E-state index contributed by atoms with van der Waals surface area (Å²) in [5.74, 6) is 0.779. The highest BCUT2D eigenvalue weighted by Crippen LogP contribution is 2.27. The number of pyridine rings is 1. The van der Waals surface area contributed by atoms with Crippen molar-refractivity contribution in [1.29, 1.82) is 0 Å². The van der Waals surface area contributed by atoms with Gasteiger partial charge in [-0.1, -0.05) is 23.7 Å². The van der Waals surface area contributed by atoms with Crippen molar-refractivity contribution in [2.75, 3.05) is 7.05 Å². The summed E-state index contributed by atoms with van der Waals surface area (Å²) in [6, 6.07) is 8.16. The zero-order valence-corrected chi connectivity index (χ0v) is 13.6. The Labute approximate surface area is 131 Å². The summed E-state index contributed by atoms with van der Waals surface area (Å²) < 4.78 is 5.71. The molecule has 0 radical (unpaired) electrons. The van der Waals surface area contributed by atoms with Gasteiger partial charge >= 0.3 is 0 Å². The average Bonchev–Trinajstić information content (AvgIpc) is 2.43. The number of nitrogens with one attached hydrogen (secondary N) is 1. The van der Waals surface area contributed by atoms with Crippen molar-refractivity contribution < 1.29 is 4.74 Å². The maximum atomic E-state index is 6.23. The molecule has 3 nitrogen and oxygen atoms in total. The molecule has 0 bridgehead atoms. The van der Waals surface area contributed by atoms with E-state index < -0.39 is 0 Å². The van der Waals surface area contributed by atoms with Gasteiger partial charge in [0.05, 0.1) is 18.3 Å². The van der Waals surface area contributed by atoms with Gasteiger partial charge in [0.15, 0.2) is 0 Å². The number of hydrogen-bond acceptors (Lipinski definition) is 3. The van der Waals surface area contributed by atoms with Gasteiger partial charge in [0.2, 0.25) is 0 Å². The molecule has 4 heteroatoms. The highest BCUT2D eigenvalue weighted by molar-refractivity contribution is 6.31. The zero-order valence-electron chi connectivity index (χ0n) is 12.9. The first-order valence-electron chi connectivity index (χ1n) is 7.06. The summed E-state index contributed by atoms with van der Waals surface area (Å²) in [5, 5.41) is 4.08. The van der Waals surface area contributed by atoms with E-state index in [1.54, 1.807) is 6.20 Å². The Bertz CT molecular complexity index is 613. The van der Waals surface area contributed by atoms with Gasteiger partial charge in [-0.05, 0) is 56.6 Å². The molecule has 1 atom stereocenters. The van der Waals surface area contributed by atoms with Crippen LogP contribution in [0.4, 0.5) is 0 Å². The first kappa shape index (κ1) is 15.8. The summed E-state index contributed by atoms with van der Waals surface area (Å²) in [6.07, 6.45) is 3.71. The SMILES string of the molecule is CNC(c1cncc(OC(C)C)c1)c1ccc(C)c(Cl)c1. The van der Waals surface area contributed by atoms with Gasteiger partial charge in [-0.15, -0.1) is 0 Å². The number of rotatable bonds is 5. The van der Waals surface area contributed by atoms with Crippen LogP contribution < -0.4 is 10.1 Å². The second-order valence-corrected chi connectivity index (χ2v) is 5.76. The molecule has 112 valence electrons. The number of aromatic nitrogens is 1. The summed E-state index contributed by atoms with van der Waals surface area (Å²) >= 11 is 6.23. The minimum atomic E-state index is 0.0336. The molecule has 1 unspecified atom stereocenters. The van der Waals surface area contributed by atoms with Crippen molar-refractivity contribution >= 4 is 11.6 Å². The van der Waals surface area contributed by atoms with E-state index in [2.05, 4.69) is 16.4 Å². The summed E-state index contributed by atoms with van der Waals surface area (Å²) in [6.45, 7) is 6.00. The normalized spacial score (nSPS) is 12.5. The first-order valence-corrected chi connectivity index (χ1v) is 7.44. The van der Waals surface area contributed by atoms with Crippen LogP contribution in [0.25, 0.3) is 0 Å². The molecule has 0 aliphatic heterocycles. The molecule has 1 N–H and O–H groups in total. The minimum Gasteiger partial charge on any atom is -0.489 e. The first-order chi connectivity index (χ1) is 10.0. The average molecular weight is 305 g/mol. The van der Waals surface area contributed by atoms with E-state index >= 15 is 0 Å². The molecule has 2 aromatic rings. The third-order valence-electron chi connectivity index (χ3n) is 3.26. The highest BCUT2D eigenvalue weighted by atomic mass is 35.5. The molecule has 2 rings (SSSR count). The smallest absolute Gasteiger partial charge is 0.138 e. The van der Waals surface area contributed by atoms with Crippen LogP contribution in [-0.2, 0) is 0 Å². The number of ether oxygens (including phenoxy) is 1. The lowest BCUT2D eigenvalue weighted by Gasteiger charge is -2.19. The van der Waals surface area contributed by atoms with Crippen molar-refractivity contribution in [3.8, 4) is 5.75 Å². The Morgan fingerprint density at radius 1 is 1.14 bits per heavy atom. The van der Waals surface area contributed by atoms with Crippen molar-refractivity contribution in [3.05, 3.63) is 58.4 Å². The van der Waals surface area contributed by atoms with Gasteiger partial charge in [0, 0.05) is 11.2 Å². The van der Waals surface area contributed by atoms with E-state index in [0.717, 1.165) is 27.5 Å². The lowest BCUT2D eigenvalue weighted by Crippen LogP contribution is -2.18. The second-order valence-electron chi connectivity index (χ2n) is 5.35. The standard InChI is InChI=1S/C17H21ClN2O/c1-11(2)21-15-7-14(9-20-10-15)17(19-4)13-6-5-12(3)16(18)8-13/h5-11,17,19H,1-4H3. The van der Waals surface area contributed by atoms with Gasteiger partial charge in [-0.3, -0.25) is 4.98 Å². The number of hydrogen-bond donors (Lipinski definition) is 1. The highest BCUT2D eigenvalue weighted by Gasteiger charge is 2.14. The van der Waals surface area contributed by atoms with E-state index in [4.69, 9.17) is 16.3 Å². The van der Waals surface area contributed by atoms with Crippen LogP contribution in [0.1, 0.15) is 36.6 Å². The van der Waals surface area contributed by atoms with Crippen molar-refractivity contribution in [2.45, 2.75) is 32.9 Å². The number of halogens is 1. The summed E-state index contributed by atoms with van der Waals surface area (Å²) in [4.78, 5) is 4.27. The molecule has 21 heavy (non-hydrogen) atoms. The van der Waals surface area contributed by atoms with Crippen molar-refractivity contribution in [1.82, 2.24) is 10.3 Å². The zero-order chi connectivity index (χ0) is 15.4. The van der Waals surface area contributed by atoms with Crippen LogP contribution in [0.2, 0.25) is 5.02 Å². The Balaban J connectivity index is 2.34. The predicted molar refractivity (Wildman–Crippen MR) is 87.1 cm³/mol. The molecule has 1 aromatic carbocycles. The van der Waals surface area contributed by atoms with Gasteiger partial charge in [0.1, 0.15) is 5.75 Å². The van der Waals surface area contributed by atoms with Crippen LogP contribution in [0.5, 0.6) is 5.75 Å². The maximum Gasteiger partial charge on any atom is 0.138 e. The number of benzene rings is 1. The van der Waals surface area contributed by atoms with Crippen LogP contribution in [-0.4, -0.2) is 18.1 Å². The fourth-order valence-corrected chi connectivity index (χ4v) is 2.43. The molecule has 0 amide bonds. The van der Waals surface area contributed by atoms with Gasteiger partial charge < -0.3 is 10.1 Å². The molecule has 0 saturated heterocycles. The monoisotopic (exact) mass is 304 g/mol. The van der Waals surface area contributed by atoms with Gasteiger partial charge in [-0.25, -0.2) is 0 Å². The third-order valence-corrected chi connectivity index (χ3v) is 3.66. The Hall–Kier alpha value is -1.58. The van der Waals surface area contributed by atoms with Crippen LogP contribution >= 0.6 is 11.6 Å². The number of nitrogens with zero attached hydrogens (tertiary/aromatic N) is 1. The molecule has 1 aromatic heterocycles. The molecule has 0 fully saturated rings. The van der Waals surface area contributed by atoms with E-state index in [0.29, 0.717) is 0 Å². The molecule has 0 aliphatic rings. The van der Waals surface area contributed by atoms with Crippen LogP contribution in [0, 0.1) is 6.92 Å². The topological polar surface area (TPSA) is 34.2 Å². The van der Waals surface area contributed by atoms with E-state index in [1.165, 1.54) is 0 Å². The molecule has 0 aliphatic carbocycles. The van der Waals surface area contributed by atoms with E-state index in [-0.39, 0.29) is 12.1 Å². The summed E-state index contributed by atoms with van der Waals surface area (Å²) in [7, 11) is 1.93. The molecule has 0 spiro atoms. The van der Waals surface area contributed by atoms with E-state index in [9.17, 15) is 0 Å². The minimum absolute atomic E-state index is 0.0336. The second kappa shape index (κ2) is 6.92. The Morgan fingerprint density at radius 3 is 2.52 bits per heavy atom. The fraction of sp³-hybridized carbons (Fsp3) is 0.353. The van der Waals surface area contributed by atoms with Crippen molar-refractivity contribution in [2.24, 2.45) is 0 Å². The number of aryl methyl sites for hydroxylation is 1. The van der Waals surface area contributed by atoms with Crippen molar-refractivity contribution in [3.63, 3.8) is 0 Å². The lowest BCUT2D eigenvalue weighted by atomic mass is 9.99. The van der Waals surface area contributed by atoms with Gasteiger partial charge in [-0.2, -0.15) is 0 Å². The lowest BCUT2D eigenvalue weighted by molar-refractivity contribution is 0.241. The van der Waals surface area contributed by atoms with Gasteiger partial charge in [0.25, 0.3) is 0 Å². The molecular weight excluding hydrogens is 284 g/mol. The summed E-state index contributed by atoms with van der Waals surface area (Å²) in [5.41, 5.74) is 3.23. The molecule has 0 saturated carbocycles. The van der Waals surface area contributed by atoms with E-state index in [1.807, 2.05) is 52.2 Å². The Kier molecular flexibility index (Phi) is 5.21. The third kappa shape index (κ3) is 3.96. The Morgan fingerprint density at radius 2 is 1.90 bits per heavy atom. The van der Waals surface area contributed by atoms with Crippen LogP contribution in [0.3, 0.4) is 0 Å². The largest absolute Gasteiger partial charge is 0.489 e. The van der Waals surface area contributed by atoms with Crippen LogP contribution in [0.15, 0.2) is 36.7 Å². The molecular formula is C17H21ClN2O.